The zero-order valence-corrected chi connectivity index (χ0v) is 11.8. The van der Waals surface area contributed by atoms with Gasteiger partial charge in [0.1, 0.15) is 5.75 Å². The number of carbonyl (C=O) groups excluding carboxylic acids is 2. The minimum atomic E-state index is -0.625. The van der Waals surface area contributed by atoms with Crippen LogP contribution in [0, 0.1) is 5.92 Å². The van der Waals surface area contributed by atoms with E-state index in [1.165, 1.54) is 12.1 Å². The Balaban J connectivity index is 2.54. The molecule has 0 heterocycles. The number of hydrogen-bond donors (Lipinski definition) is 3. The molecule has 2 amide bonds. The number of carbonyl (C=O) groups is 2. The van der Waals surface area contributed by atoms with Crippen molar-refractivity contribution < 1.29 is 14.3 Å². The molecule has 0 aliphatic rings. The van der Waals surface area contributed by atoms with Crippen molar-refractivity contribution in [2.24, 2.45) is 11.7 Å². The molecule has 1 aromatic rings. The first-order valence-electron chi connectivity index (χ1n) is 6.49. The molecule has 0 aromatic heterocycles. The minimum absolute atomic E-state index is 0.179. The SMILES string of the molecule is CC(C)CCNC(=O)COc1cc(N)ccc1C(N)=O. The summed E-state index contributed by atoms with van der Waals surface area (Å²) in [5.74, 6) is -0.133. The predicted octanol–water partition coefficient (Wildman–Crippen LogP) is 0.909. The van der Waals surface area contributed by atoms with Gasteiger partial charge in [-0.3, -0.25) is 9.59 Å². The van der Waals surface area contributed by atoms with Crippen LogP contribution in [0.5, 0.6) is 5.75 Å². The van der Waals surface area contributed by atoms with E-state index >= 15 is 0 Å². The lowest BCUT2D eigenvalue weighted by molar-refractivity contribution is -0.123. The van der Waals surface area contributed by atoms with E-state index in [9.17, 15) is 9.59 Å². The van der Waals surface area contributed by atoms with Crippen molar-refractivity contribution in [3.63, 3.8) is 0 Å². The molecule has 0 saturated heterocycles. The van der Waals surface area contributed by atoms with Crippen LogP contribution in [-0.2, 0) is 4.79 Å². The van der Waals surface area contributed by atoms with Gasteiger partial charge in [0.15, 0.2) is 6.61 Å². The van der Waals surface area contributed by atoms with Gasteiger partial charge in [-0.25, -0.2) is 0 Å². The number of amides is 2. The monoisotopic (exact) mass is 279 g/mol. The molecular formula is C14H21N3O3. The van der Waals surface area contributed by atoms with Crippen molar-refractivity contribution in [2.45, 2.75) is 20.3 Å². The number of nitrogens with one attached hydrogen (secondary N) is 1. The van der Waals surface area contributed by atoms with Gasteiger partial charge in [-0.15, -0.1) is 0 Å². The second kappa shape index (κ2) is 7.37. The number of benzene rings is 1. The molecule has 0 saturated carbocycles. The molecule has 1 aromatic carbocycles. The van der Waals surface area contributed by atoms with Crippen LogP contribution < -0.4 is 21.5 Å². The highest BCUT2D eigenvalue weighted by atomic mass is 16.5. The van der Waals surface area contributed by atoms with Gasteiger partial charge >= 0.3 is 0 Å². The van der Waals surface area contributed by atoms with Gasteiger partial charge in [-0.1, -0.05) is 13.8 Å². The smallest absolute Gasteiger partial charge is 0.257 e. The Bertz CT molecular complexity index is 487. The average Bonchev–Trinajstić information content (AvgIpc) is 2.35. The maximum atomic E-state index is 11.6. The average molecular weight is 279 g/mol. The molecule has 1 rings (SSSR count). The first-order valence-corrected chi connectivity index (χ1v) is 6.49. The molecule has 0 atom stereocenters. The molecule has 0 aliphatic carbocycles. The third-order valence-corrected chi connectivity index (χ3v) is 2.67. The Kier molecular flexibility index (Phi) is 5.83. The van der Waals surface area contributed by atoms with E-state index in [2.05, 4.69) is 19.2 Å². The maximum absolute atomic E-state index is 11.6. The summed E-state index contributed by atoms with van der Waals surface area (Å²) in [6, 6.07) is 4.50. The molecule has 110 valence electrons. The third-order valence-electron chi connectivity index (χ3n) is 2.67. The highest BCUT2D eigenvalue weighted by molar-refractivity contribution is 5.96. The Morgan fingerprint density at radius 2 is 2.05 bits per heavy atom. The Morgan fingerprint density at radius 3 is 2.65 bits per heavy atom. The Hall–Kier alpha value is -2.24. The summed E-state index contributed by atoms with van der Waals surface area (Å²) in [7, 11) is 0. The number of primary amides is 1. The van der Waals surface area contributed by atoms with Crippen molar-refractivity contribution in [3.05, 3.63) is 23.8 Å². The van der Waals surface area contributed by atoms with Crippen LogP contribution in [0.3, 0.4) is 0 Å². The van der Waals surface area contributed by atoms with Crippen LogP contribution >= 0.6 is 0 Å². The zero-order valence-electron chi connectivity index (χ0n) is 11.8. The van der Waals surface area contributed by atoms with E-state index in [0.29, 0.717) is 18.2 Å². The summed E-state index contributed by atoms with van der Waals surface area (Å²) in [4.78, 5) is 22.8. The van der Waals surface area contributed by atoms with Crippen molar-refractivity contribution >= 4 is 17.5 Å². The molecule has 0 fully saturated rings. The molecule has 6 nitrogen and oxygen atoms in total. The second-order valence-electron chi connectivity index (χ2n) is 4.94. The summed E-state index contributed by atoms with van der Waals surface area (Å²) in [6.45, 7) is 4.57. The molecule has 20 heavy (non-hydrogen) atoms. The summed E-state index contributed by atoms with van der Waals surface area (Å²) >= 11 is 0. The molecule has 0 unspecified atom stereocenters. The third kappa shape index (κ3) is 5.17. The molecule has 0 radical (unpaired) electrons. The van der Waals surface area contributed by atoms with Crippen LogP contribution in [0.2, 0.25) is 0 Å². The van der Waals surface area contributed by atoms with E-state index in [1.807, 2.05) is 0 Å². The van der Waals surface area contributed by atoms with E-state index in [-0.39, 0.29) is 23.8 Å². The topological polar surface area (TPSA) is 107 Å². The highest BCUT2D eigenvalue weighted by Crippen LogP contribution is 2.21. The first-order chi connectivity index (χ1) is 9.40. The van der Waals surface area contributed by atoms with Gasteiger partial charge in [-0.2, -0.15) is 0 Å². The number of ether oxygens (including phenoxy) is 1. The number of nitrogens with two attached hydrogens (primary N) is 2. The molecule has 5 N–H and O–H groups in total. The van der Waals surface area contributed by atoms with Crippen LogP contribution in [-0.4, -0.2) is 25.0 Å². The second-order valence-corrected chi connectivity index (χ2v) is 4.94. The molecule has 0 bridgehead atoms. The van der Waals surface area contributed by atoms with Gasteiger partial charge < -0.3 is 21.5 Å². The van der Waals surface area contributed by atoms with Crippen LogP contribution in [0.15, 0.2) is 18.2 Å². The van der Waals surface area contributed by atoms with Gasteiger partial charge in [0.2, 0.25) is 0 Å². The van der Waals surface area contributed by atoms with Crippen molar-refractivity contribution in [1.82, 2.24) is 5.32 Å². The van der Waals surface area contributed by atoms with E-state index in [4.69, 9.17) is 16.2 Å². The quantitative estimate of drug-likeness (QED) is 0.645. The van der Waals surface area contributed by atoms with Crippen LogP contribution in [0.25, 0.3) is 0 Å². The Morgan fingerprint density at radius 1 is 1.35 bits per heavy atom. The lowest BCUT2D eigenvalue weighted by Crippen LogP contribution is -2.30. The summed E-state index contributed by atoms with van der Waals surface area (Å²) < 4.78 is 5.31. The lowest BCUT2D eigenvalue weighted by Gasteiger charge is -2.11. The number of anilines is 1. The van der Waals surface area contributed by atoms with Gasteiger partial charge in [-0.05, 0) is 24.5 Å². The summed E-state index contributed by atoms with van der Waals surface area (Å²) in [6.07, 6.45) is 0.899. The van der Waals surface area contributed by atoms with Gasteiger partial charge in [0.05, 0.1) is 5.56 Å². The number of hydrogen-bond acceptors (Lipinski definition) is 4. The standard InChI is InChI=1S/C14H21N3O3/c1-9(2)5-6-17-13(18)8-20-12-7-10(15)3-4-11(12)14(16)19/h3-4,7,9H,5-6,8,15H2,1-2H3,(H2,16,19)(H,17,18). The number of nitrogen functional groups attached to an aromatic ring is 1. The first kappa shape index (κ1) is 15.8. The largest absolute Gasteiger partial charge is 0.483 e. The normalized spacial score (nSPS) is 10.3. The van der Waals surface area contributed by atoms with Crippen molar-refractivity contribution in [2.75, 3.05) is 18.9 Å². The molecule has 6 heteroatoms. The predicted molar refractivity (Wildman–Crippen MR) is 77.3 cm³/mol. The van der Waals surface area contributed by atoms with Crippen molar-refractivity contribution in [3.8, 4) is 5.75 Å². The maximum Gasteiger partial charge on any atom is 0.257 e. The lowest BCUT2D eigenvalue weighted by atomic mass is 10.1. The van der Waals surface area contributed by atoms with Crippen LogP contribution in [0.1, 0.15) is 30.6 Å². The van der Waals surface area contributed by atoms with Crippen molar-refractivity contribution in [1.29, 1.82) is 0 Å². The van der Waals surface area contributed by atoms with E-state index < -0.39 is 5.91 Å². The molecular weight excluding hydrogens is 258 g/mol. The van der Waals surface area contributed by atoms with E-state index in [0.717, 1.165) is 6.42 Å². The Labute approximate surface area is 118 Å². The summed E-state index contributed by atoms with van der Waals surface area (Å²) in [5.41, 5.74) is 11.5. The van der Waals surface area contributed by atoms with Crippen LogP contribution in [0.4, 0.5) is 5.69 Å². The van der Waals surface area contributed by atoms with Gasteiger partial charge in [0, 0.05) is 18.3 Å². The summed E-state index contributed by atoms with van der Waals surface area (Å²) in [5, 5.41) is 2.74. The fourth-order valence-electron chi connectivity index (χ4n) is 1.56. The fourth-order valence-corrected chi connectivity index (χ4v) is 1.56. The molecule has 0 aliphatic heterocycles. The molecule has 0 spiro atoms. The van der Waals surface area contributed by atoms with Gasteiger partial charge in [0.25, 0.3) is 11.8 Å². The number of rotatable bonds is 7. The minimum Gasteiger partial charge on any atom is -0.483 e. The highest BCUT2D eigenvalue weighted by Gasteiger charge is 2.11. The fraction of sp³-hybridized carbons (Fsp3) is 0.429. The zero-order chi connectivity index (χ0) is 15.1. The van der Waals surface area contributed by atoms with E-state index in [1.54, 1.807) is 6.07 Å².